The van der Waals surface area contributed by atoms with Gasteiger partial charge in [-0.05, 0) is 82.1 Å². The van der Waals surface area contributed by atoms with E-state index >= 15 is 0 Å². The number of unbranched alkanes of at least 4 members (excludes halogenated alkanes) is 4. The lowest BCUT2D eigenvalue weighted by Gasteiger charge is -2.18. The Morgan fingerprint density at radius 2 is 1.24 bits per heavy atom. The zero-order valence-electron chi connectivity index (χ0n) is 27.9. The van der Waals surface area contributed by atoms with Gasteiger partial charge in [-0.25, -0.2) is 14.4 Å². The molecule has 0 aromatic heterocycles. The summed E-state index contributed by atoms with van der Waals surface area (Å²) < 4.78 is 28.9. The first-order chi connectivity index (χ1) is 22.3. The Morgan fingerprint density at radius 1 is 0.696 bits per heavy atom. The van der Waals surface area contributed by atoms with Crippen LogP contribution >= 0.6 is 0 Å². The van der Waals surface area contributed by atoms with E-state index in [2.05, 4.69) is 27.0 Å². The van der Waals surface area contributed by atoms with Crippen LogP contribution in [0.4, 0.5) is 0 Å². The first kappa shape index (κ1) is 38.1. The van der Waals surface area contributed by atoms with Crippen LogP contribution in [0.15, 0.2) is 67.8 Å². The minimum absolute atomic E-state index is 0.185. The molecule has 0 fully saturated rings. The third-order valence-electron chi connectivity index (χ3n) is 7.49. The largest absolute Gasteiger partial charge is 0.493 e. The highest BCUT2D eigenvalue weighted by molar-refractivity contribution is 5.94. The minimum atomic E-state index is -0.535. The Bertz CT molecular complexity index is 1240. The molecule has 46 heavy (non-hydrogen) atoms. The summed E-state index contributed by atoms with van der Waals surface area (Å²) in [5.41, 5.74) is 1.12. The zero-order chi connectivity index (χ0) is 33.6. The molecule has 0 amide bonds. The Hall–Kier alpha value is -4.07. The van der Waals surface area contributed by atoms with E-state index in [1.165, 1.54) is 12.2 Å². The molecule has 252 valence electrons. The standard InChI is InChI=1S/C38H52O8/c1-6-10-12-19-30(44-36(39)8-3)21-16-26-42-32-24-25-33(38(41)46-34-23-15-14-18-29(34)5)35(28-32)43-27-17-22-31(20-13-11-7-2)45-37(40)9-4/h8-9,14-15,18,23-25,28,30-31H,3-4,6-7,10-13,16-17,19-22,26-27H2,1-2,5H3. The number of hydrogen-bond acceptors (Lipinski definition) is 8. The SMILES string of the molecule is C=CC(=O)OC(CCCCC)CCCOc1ccc(C(=O)Oc2ccccc2C)c(OCCCC(CCCCC)OC(=O)C=C)c1. The maximum absolute atomic E-state index is 13.2. The third-order valence-corrected chi connectivity index (χ3v) is 7.49. The number of benzene rings is 2. The molecular weight excluding hydrogens is 584 g/mol. The summed E-state index contributed by atoms with van der Waals surface area (Å²) in [7, 11) is 0. The molecule has 0 aliphatic rings. The van der Waals surface area contributed by atoms with Crippen LogP contribution in [0.5, 0.6) is 17.2 Å². The van der Waals surface area contributed by atoms with Crippen molar-refractivity contribution in [3.8, 4) is 17.2 Å². The van der Waals surface area contributed by atoms with Gasteiger partial charge in [-0.1, -0.05) is 70.9 Å². The lowest BCUT2D eigenvalue weighted by molar-refractivity contribution is -0.144. The normalized spacial score (nSPS) is 12.0. The topological polar surface area (TPSA) is 97.4 Å². The lowest BCUT2D eigenvalue weighted by atomic mass is 10.1. The lowest BCUT2D eigenvalue weighted by Crippen LogP contribution is -2.18. The summed E-state index contributed by atoms with van der Waals surface area (Å²) in [6, 6.07) is 12.4. The minimum Gasteiger partial charge on any atom is -0.493 e. The summed E-state index contributed by atoms with van der Waals surface area (Å²) in [5.74, 6) is -0.0109. The average molecular weight is 637 g/mol. The highest BCUT2D eigenvalue weighted by Gasteiger charge is 2.19. The van der Waals surface area contributed by atoms with E-state index in [1.54, 1.807) is 24.3 Å². The molecule has 0 saturated heterocycles. The molecule has 8 heteroatoms. The maximum Gasteiger partial charge on any atom is 0.347 e. The van der Waals surface area contributed by atoms with Crippen molar-refractivity contribution >= 4 is 17.9 Å². The second-order valence-corrected chi connectivity index (χ2v) is 11.3. The van der Waals surface area contributed by atoms with Crippen molar-refractivity contribution in [3.63, 3.8) is 0 Å². The molecule has 8 nitrogen and oxygen atoms in total. The van der Waals surface area contributed by atoms with Gasteiger partial charge in [0.25, 0.3) is 0 Å². The Morgan fingerprint density at radius 3 is 1.78 bits per heavy atom. The van der Waals surface area contributed by atoms with Crippen LogP contribution in [-0.4, -0.2) is 43.3 Å². The molecule has 0 N–H and O–H groups in total. The Balaban J connectivity index is 2.09. The van der Waals surface area contributed by atoms with Gasteiger partial charge in [0.1, 0.15) is 35.0 Å². The average Bonchev–Trinajstić information content (AvgIpc) is 3.05. The number of esters is 3. The fourth-order valence-electron chi connectivity index (χ4n) is 4.89. The molecule has 0 bridgehead atoms. The second kappa shape index (κ2) is 22.4. The Kier molecular flexibility index (Phi) is 18.6. The molecule has 2 rings (SSSR count). The van der Waals surface area contributed by atoms with Crippen molar-refractivity contribution in [2.24, 2.45) is 0 Å². The molecule has 0 aliphatic heterocycles. The summed E-state index contributed by atoms with van der Waals surface area (Å²) in [5, 5.41) is 0. The molecule has 0 aliphatic carbocycles. The third kappa shape index (κ3) is 14.8. The number of carbonyl (C=O) groups is 3. The van der Waals surface area contributed by atoms with Gasteiger partial charge in [0.15, 0.2) is 0 Å². The molecule has 2 unspecified atom stereocenters. The molecule has 0 spiro atoms. The number of hydrogen-bond donors (Lipinski definition) is 0. The van der Waals surface area contributed by atoms with Gasteiger partial charge in [0, 0.05) is 18.2 Å². The van der Waals surface area contributed by atoms with Gasteiger partial charge in [0.2, 0.25) is 0 Å². The fraction of sp³-hybridized carbons (Fsp3) is 0.500. The van der Waals surface area contributed by atoms with E-state index in [0.717, 1.165) is 56.9 Å². The number of aryl methyl sites for hydroxylation is 1. The maximum atomic E-state index is 13.2. The van der Waals surface area contributed by atoms with E-state index in [-0.39, 0.29) is 17.8 Å². The first-order valence-electron chi connectivity index (χ1n) is 16.6. The smallest absolute Gasteiger partial charge is 0.347 e. The summed E-state index contributed by atoms with van der Waals surface area (Å²) in [6.45, 7) is 13.8. The van der Waals surface area contributed by atoms with Gasteiger partial charge in [-0.2, -0.15) is 0 Å². The molecule has 0 heterocycles. The summed E-state index contributed by atoms with van der Waals surface area (Å²) in [4.78, 5) is 36.9. The van der Waals surface area contributed by atoms with Crippen LogP contribution in [-0.2, 0) is 19.1 Å². The van der Waals surface area contributed by atoms with Crippen molar-refractivity contribution in [2.75, 3.05) is 13.2 Å². The monoisotopic (exact) mass is 636 g/mol. The molecular formula is C38H52O8. The van der Waals surface area contributed by atoms with Crippen molar-refractivity contribution in [2.45, 2.75) is 110 Å². The van der Waals surface area contributed by atoms with E-state index in [9.17, 15) is 14.4 Å². The van der Waals surface area contributed by atoms with Crippen molar-refractivity contribution < 1.29 is 38.1 Å². The quantitative estimate of drug-likeness (QED) is 0.0488. The van der Waals surface area contributed by atoms with Crippen molar-refractivity contribution in [3.05, 3.63) is 78.9 Å². The molecule has 0 saturated carbocycles. The van der Waals surface area contributed by atoms with E-state index in [0.29, 0.717) is 56.1 Å². The van der Waals surface area contributed by atoms with Crippen LogP contribution in [0.3, 0.4) is 0 Å². The zero-order valence-corrected chi connectivity index (χ0v) is 27.9. The molecule has 0 radical (unpaired) electrons. The van der Waals surface area contributed by atoms with Crippen LogP contribution < -0.4 is 14.2 Å². The number of carbonyl (C=O) groups excluding carboxylic acids is 3. The summed E-state index contributed by atoms with van der Waals surface area (Å²) in [6.07, 6.45) is 12.4. The van der Waals surface area contributed by atoms with E-state index < -0.39 is 17.9 Å². The van der Waals surface area contributed by atoms with Gasteiger partial charge >= 0.3 is 17.9 Å². The highest BCUT2D eigenvalue weighted by atomic mass is 16.6. The van der Waals surface area contributed by atoms with Gasteiger partial charge in [-0.3, -0.25) is 0 Å². The molecule has 2 atom stereocenters. The predicted molar refractivity (Wildman–Crippen MR) is 180 cm³/mol. The van der Waals surface area contributed by atoms with E-state index in [4.69, 9.17) is 23.7 Å². The van der Waals surface area contributed by atoms with Crippen molar-refractivity contribution in [1.29, 1.82) is 0 Å². The highest BCUT2D eigenvalue weighted by Crippen LogP contribution is 2.28. The van der Waals surface area contributed by atoms with E-state index in [1.807, 2.05) is 25.1 Å². The number of ether oxygens (including phenoxy) is 5. The van der Waals surface area contributed by atoms with Gasteiger partial charge in [0.05, 0.1) is 13.2 Å². The summed E-state index contributed by atoms with van der Waals surface area (Å²) >= 11 is 0. The number of para-hydroxylation sites is 1. The molecule has 2 aromatic rings. The van der Waals surface area contributed by atoms with Gasteiger partial charge < -0.3 is 23.7 Å². The molecule has 2 aromatic carbocycles. The number of rotatable bonds is 24. The van der Waals surface area contributed by atoms with Crippen LogP contribution in [0.25, 0.3) is 0 Å². The Labute approximate surface area is 275 Å². The van der Waals surface area contributed by atoms with Crippen LogP contribution in [0.2, 0.25) is 0 Å². The second-order valence-electron chi connectivity index (χ2n) is 11.3. The predicted octanol–water partition coefficient (Wildman–Crippen LogP) is 8.89. The van der Waals surface area contributed by atoms with Crippen molar-refractivity contribution in [1.82, 2.24) is 0 Å². The fourth-order valence-corrected chi connectivity index (χ4v) is 4.89. The van der Waals surface area contributed by atoms with Crippen LogP contribution in [0, 0.1) is 6.92 Å². The van der Waals surface area contributed by atoms with Crippen LogP contribution in [0.1, 0.15) is 107 Å². The first-order valence-corrected chi connectivity index (χ1v) is 16.6. The van der Waals surface area contributed by atoms with Gasteiger partial charge in [-0.15, -0.1) is 0 Å².